The van der Waals surface area contributed by atoms with E-state index in [9.17, 15) is 19.5 Å². The Morgan fingerprint density at radius 2 is 1.67 bits per heavy atom. The summed E-state index contributed by atoms with van der Waals surface area (Å²) in [7, 11) is 0. The van der Waals surface area contributed by atoms with Gasteiger partial charge < -0.3 is 30.5 Å². The van der Waals surface area contributed by atoms with Gasteiger partial charge in [0.1, 0.15) is 12.1 Å². The molecule has 0 spiro atoms. The Hall–Kier alpha value is -5.96. The number of para-hydroxylation sites is 1. The van der Waals surface area contributed by atoms with Crippen LogP contribution in [0.1, 0.15) is 51.4 Å². The van der Waals surface area contributed by atoms with E-state index in [0.717, 1.165) is 73.8 Å². The molecule has 3 amide bonds. The number of thiazole rings is 1. The van der Waals surface area contributed by atoms with Crippen molar-refractivity contribution >= 4 is 45.6 Å². The summed E-state index contributed by atoms with van der Waals surface area (Å²) in [5.74, 6) is -0.967. The summed E-state index contributed by atoms with van der Waals surface area (Å²) in [5, 5.41) is 26.6. The molecular formula is C47H53N9O4S. The van der Waals surface area contributed by atoms with Gasteiger partial charge in [-0.15, -0.1) is 11.3 Å². The fourth-order valence-electron chi connectivity index (χ4n) is 8.41. The highest BCUT2D eigenvalue weighted by molar-refractivity contribution is 7.13. The Kier molecular flexibility index (Phi) is 12.0. The van der Waals surface area contributed by atoms with E-state index >= 15 is 0 Å². The molecule has 0 saturated carbocycles. The number of aromatic amines is 1. The SMILES string of the molecule is Cc1ncsc1-c1ccc([C@H](C)NC(=O)[C@@H]2C[C@@H](O)CN2C(=O)C(NC(=O)CN2CCN(c3ccc(-c4cnnc(-c5cccc6cc[nH]c56)c4)cc3)CC2)C(C)(C)C)cc1. The number of carbonyl (C=O) groups excluding carboxylic acids is 3. The van der Waals surface area contributed by atoms with Crippen molar-refractivity contribution in [2.45, 2.75) is 65.3 Å². The third kappa shape index (κ3) is 9.21. The van der Waals surface area contributed by atoms with Gasteiger partial charge in [-0.05, 0) is 60.2 Å². The molecule has 2 saturated heterocycles. The van der Waals surface area contributed by atoms with Gasteiger partial charge in [0.05, 0.1) is 52.2 Å². The number of carbonyl (C=O) groups is 3. The minimum atomic E-state index is -0.894. The predicted octanol–water partition coefficient (Wildman–Crippen LogP) is 6.22. The molecule has 13 nitrogen and oxygen atoms in total. The number of hydrogen-bond donors (Lipinski definition) is 4. The average molecular weight is 840 g/mol. The van der Waals surface area contributed by atoms with Crippen molar-refractivity contribution in [1.82, 2.24) is 40.6 Å². The maximum absolute atomic E-state index is 14.2. The number of β-amino-alcohol motifs (C(OH)–C–C–N with tert-alkyl or cyclic N) is 1. The summed E-state index contributed by atoms with van der Waals surface area (Å²) in [6.07, 6.45) is 2.99. The number of aromatic nitrogens is 4. The first-order valence-corrected chi connectivity index (χ1v) is 21.8. The number of aliphatic hydroxyl groups excluding tert-OH is 1. The zero-order valence-electron chi connectivity index (χ0n) is 35.3. The first-order valence-electron chi connectivity index (χ1n) is 20.9. The van der Waals surface area contributed by atoms with Crippen molar-refractivity contribution in [3.63, 3.8) is 0 Å². The molecule has 0 radical (unpaired) electrons. The van der Waals surface area contributed by atoms with Crippen LogP contribution in [0.3, 0.4) is 0 Å². The van der Waals surface area contributed by atoms with Gasteiger partial charge in [-0.25, -0.2) is 4.98 Å². The number of fused-ring (bicyclic) bond motifs is 1. The standard InChI is InChI=1S/C47H53N9O4S/c1-29(31-9-11-34(12-10-31)43-30(2)49-28-61-43)51-45(59)40-24-37(57)26-56(40)46(60)44(47(3,4)5)52-41(58)27-54-19-21-55(22-20-54)36-15-13-32(14-16-36)35-23-39(53-50-25-35)38-8-6-7-33-17-18-48-42(33)38/h6-18,23,25,28-29,37,40,44,48,57H,19-22,24,26-27H2,1-5H3,(H,51,59)(H,52,58)/t29-,37+,40-,44?/m0/s1. The Balaban J connectivity index is 0.848. The van der Waals surface area contributed by atoms with Gasteiger partial charge >= 0.3 is 0 Å². The second kappa shape index (κ2) is 17.6. The molecule has 2 aliphatic rings. The highest BCUT2D eigenvalue weighted by atomic mass is 32.1. The number of rotatable bonds is 11. The fraction of sp³-hybridized carbons (Fsp3) is 0.362. The Labute approximate surface area is 360 Å². The molecule has 3 aromatic heterocycles. The Bertz CT molecular complexity index is 2500. The number of nitrogens with zero attached hydrogens (tertiary/aromatic N) is 6. The van der Waals surface area contributed by atoms with E-state index in [1.807, 2.05) is 88.8 Å². The van der Waals surface area contributed by atoms with Gasteiger partial charge in [0, 0.05) is 67.5 Å². The van der Waals surface area contributed by atoms with E-state index in [-0.39, 0.29) is 43.3 Å². The largest absolute Gasteiger partial charge is 0.391 e. The minimum absolute atomic E-state index is 0.0188. The number of piperazine rings is 1. The maximum atomic E-state index is 14.2. The van der Waals surface area contributed by atoms with Crippen molar-refractivity contribution in [1.29, 1.82) is 0 Å². The summed E-state index contributed by atoms with van der Waals surface area (Å²) in [6, 6.07) is 24.6. The van der Waals surface area contributed by atoms with Gasteiger partial charge in [0.25, 0.3) is 0 Å². The molecular weight excluding hydrogens is 787 g/mol. The third-order valence-corrected chi connectivity index (χ3v) is 12.9. The molecule has 3 aromatic carbocycles. The Morgan fingerprint density at radius 1 is 0.934 bits per heavy atom. The maximum Gasteiger partial charge on any atom is 0.246 e. The van der Waals surface area contributed by atoms with Crippen molar-refractivity contribution in [3.05, 3.63) is 108 Å². The molecule has 2 fully saturated rings. The van der Waals surface area contributed by atoms with Crippen LogP contribution in [0, 0.1) is 12.3 Å². The van der Waals surface area contributed by atoms with Gasteiger partial charge in [-0.3, -0.25) is 19.3 Å². The molecule has 1 unspecified atom stereocenters. The van der Waals surface area contributed by atoms with E-state index < -0.39 is 23.6 Å². The molecule has 5 heterocycles. The molecule has 2 aliphatic heterocycles. The summed E-state index contributed by atoms with van der Waals surface area (Å²) in [4.78, 5) is 56.2. The van der Waals surface area contributed by atoms with E-state index in [2.05, 4.69) is 77.0 Å². The van der Waals surface area contributed by atoms with Crippen molar-refractivity contribution in [2.24, 2.45) is 5.41 Å². The van der Waals surface area contributed by atoms with Crippen molar-refractivity contribution in [2.75, 3.05) is 44.2 Å². The molecule has 0 aliphatic carbocycles. The van der Waals surface area contributed by atoms with E-state index in [4.69, 9.17) is 0 Å². The number of benzene rings is 3. The predicted molar refractivity (Wildman–Crippen MR) is 240 cm³/mol. The highest BCUT2D eigenvalue weighted by Gasteiger charge is 2.45. The highest BCUT2D eigenvalue weighted by Crippen LogP contribution is 2.32. The fourth-order valence-corrected chi connectivity index (χ4v) is 9.22. The first-order chi connectivity index (χ1) is 29.3. The van der Waals surface area contributed by atoms with Crippen LogP contribution >= 0.6 is 11.3 Å². The number of H-pyrrole nitrogens is 1. The number of aryl methyl sites for hydroxylation is 1. The lowest BCUT2D eigenvalue weighted by Gasteiger charge is -2.37. The Morgan fingerprint density at radius 3 is 2.38 bits per heavy atom. The summed E-state index contributed by atoms with van der Waals surface area (Å²) in [5.41, 5.74) is 10.1. The monoisotopic (exact) mass is 839 g/mol. The van der Waals surface area contributed by atoms with Crippen LogP contribution in [-0.4, -0.2) is 110 Å². The molecule has 14 heteroatoms. The van der Waals surface area contributed by atoms with E-state index in [0.29, 0.717) is 13.1 Å². The van der Waals surface area contributed by atoms with Crippen molar-refractivity contribution < 1.29 is 19.5 Å². The van der Waals surface area contributed by atoms with E-state index in [1.54, 1.807) is 17.5 Å². The third-order valence-electron chi connectivity index (χ3n) is 11.9. The lowest BCUT2D eigenvalue weighted by Crippen LogP contribution is -2.59. The van der Waals surface area contributed by atoms with Crippen LogP contribution < -0.4 is 15.5 Å². The zero-order valence-corrected chi connectivity index (χ0v) is 36.1. The van der Waals surface area contributed by atoms with Gasteiger partial charge in [-0.2, -0.15) is 10.2 Å². The van der Waals surface area contributed by atoms with Gasteiger partial charge in [0.15, 0.2) is 0 Å². The molecule has 4 atom stereocenters. The van der Waals surface area contributed by atoms with Crippen LogP contribution in [0.25, 0.3) is 43.7 Å². The first kappa shape index (κ1) is 41.8. The molecule has 316 valence electrons. The van der Waals surface area contributed by atoms with Gasteiger partial charge in [-0.1, -0.05) is 75.4 Å². The number of hydrogen-bond acceptors (Lipinski definition) is 10. The lowest BCUT2D eigenvalue weighted by molar-refractivity contribution is -0.144. The van der Waals surface area contributed by atoms with Crippen LogP contribution in [0.2, 0.25) is 0 Å². The summed E-state index contributed by atoms with van der Waals surface area (Å²) < 4.78 is 0. The molecule has 8 rings (SSSR count). The molecule has 0 bridgehead atoms. The van der Waals surface area contributed by atoms with E-state index in [1.165, 1.54) is 4.90 Å². The molecule has 6 aromatic rings. The van der Waals surface area contributed by atoms with Crippen LogP contribution in [0.15, 0.2) is 96.8 Å². The van der Waals surface area contributed by atoms with Crippen molar-refractivity contribution in [3.8, 4) is 32.8 Å². The molecule has 61 heavy (non-hydrogen) atoms. The summed E-state index contributed by atoms with van der Waals surface area (Å²) >= 11 is 1.59. The number of likely N-dealkylation sites (tertiary alicyclic amines) is 1. The van der Waals surface area contributed by atoms with Crippen LogP contribution in [0.4, 0.5) is 5.69 Å². The minimum Gasteiger partial charge on any atom is -0.391 e. The normalized spacial score (nSPS) is 18.3. The smallest absolute Gasteiger partial charge is 0.246 e. The number of anilines is 1. The number of aliphatic hydroxyl groups is 1. The summed E-state index contributed by atoms with van der Waals surface area (Å²) in [6.45, 7) is 12.6. The zero-order chi connectivity index (χ0) is 42.8. The second-order valence-electron chi connectivity index (χ2n) is 17.3. The van der Waals surface area contributed by atoms with Gasteiger partial charge in [0.2, 0.25) is 17.7 Å². The second-order valence-corrected chi connectivity index (χ2v) is 18.1. The molecule has 4 N–H and O–H groups in total. The average Bonchev–Trinajstić information content (AvgIpc) is 4.02. The number of nitrogens with one attached hydrogen (secondary N) is 3. The topological polar surface area (TPSA) is 160 Å². The van der Waals surface area contributed by atoms with Crippen LogP contribution in [-0.2, 0) is 14.4 Å². The lowest BCUT2D eigenvalue weighted by atomic mass is 9.85. The quantitative estimate of drug-likeness (QED) is 0.119. The number of amides is 3. The van der Waals surface area contributed by atoms with Crippen LogP contribution in [0.5, 0.6) is 0 Å².